The molecule has 3 N–H and O–H groups in total. The Morgan fingerprint density at radius 3 is 1.72 bits per heavy atom. The molecule has 3 aromatic carbocycles. The van der Waals surface area contributed by atoms with Crippen LogP contribution in [-0.2, 0) is 10.0 Å². The van der Waals surface area contributed by atoms with Crippen LogP contribution < -0.4 is 4.72 Å². The van der Waals surface area contributed by atoms with Crippen LogP contribution in [-0.4, -0.2) is 23.6 Å². The first-order valence-corrected chi connectivity index (χ1v) is 13.1. The van der Waals surface area contributed by atoms with E-state index >= 15 is 0 Å². The number of nitro groups is 1. The molecule has 8 nitrogen and oxygen atoms in total. The Morgan fingerprint density at radius 2 is 1.25 bits per heavy atom. The summed E-state index contributed by atoms with van der Waals surface area (Å²) in [6, 6.07) is 6.03. The maximum Gasteiger partial charge on any atom is 0.275 e. The van der Waals surface area contributed by atoms with Crippen molar-refractivity contribution >= 4 is 67.8 Å². The highest BCUT2D eigenvalue weighted by Gasteiger charge is 2.23. The Balaban J connectivity index is 0.000000297. The van der Waals surface area contributed by atoms with Crippen molar-refractivity contribution in [1.82, 2.24) is 0 Å². The summed E-state index contributed by atoms with van der Waals surface area (Å²) in [5, 5.41) is 29.2. The van der Waals surface area contributed by atoms with Gasteiger partial charge in [0, 0.05) is 11.6 Å². The molecule has 0 aliphatic carbocycles. The van der Waals surface area contributed by atoms with Gasteiger partial charge in [-0.1, -0.05) is 64.1 Å². The molecular weight excluding hydrogens is 574 g/mol. The molecule has 0 spiro atoms. The average Bonchev–Trinajstić information content (AvgIpc) is 2.76. The largest absolute Gasteiger partial charge is 0.505 e. The number of aromatic hydroxyl groups is 2. The predicted molar refractivity (Wildman–Crippen MR) is 144 cm³/mol. The van der Waals surface area contributed by atoms with E-state index in [9.17, 15) is 28.7 Å². The summed E-state index contributed by atoms with van der Waals surface area (Å²) in [4.78, 5) is 10.1. The molecule has 0 saturated carbocycles. The van der Waals surface area contributed by atoms with Crippen molar-refractivity contribution in [2.75, 3.05) is 4.72 Å². The summed E-state index contributed by atoms with van der Waals surface area (Å²) in [6.07, 6.45) is 0. The Labute approximate surface area is 228 Å². The molecule has 0 bridgehead atoms. The van der Waals surface area contributed by atoms with Gasteiger partial charge in [-0.15, -0.1) is 0 Å². The summed E-state index contributed by atoms with van der Waals surface area (Å²) in [5.41, 5.74) is 2.94. The zero-order valence-electron chi connectivity index (χ0n) is 19.7. The van der Waals surface area contributed by atoms with E-state index in [0.717, 1.165) is 11.6 Å². The van der Waals surface area contributed by atoms with Crippen molar-refractivity contribution in [1.29, 1.82) is 0 Å². The first kappa shape index (κ1) is 29.8. The molecule has 36 heavy (non-hydrogen) atoms. The second kappa shape index (κ2) is 11.3. The molecule has 0 fully saturated rings. The Morgan fingerprint density at radius 1 is 0.806 bits per heavy atom. The number of nitro benzene ring substituents is 1. The summed E-state index contributed by atoms with van der Waals surface area (Å²) in [5.74, 6) is -0.595. The van der Waals surface area contributed by atoms with Crippen LogP contribution in [0.4, 0.5) is 11.4 Å². The van der Waals surface area contributed by atoms with E-state index < -0.39 is 14.9 Å². The molecule has 0 radical (unpaired) electrons. The van der Waals surface area contributed by atoms with Crippen molar-refractivity contribution in [3.63, 3.8) is 0 Å². The number of nitrogens with zero attached hydrogens (tertiary/aromatic N) is 1. The van der Waals surface area contributed by atoms with Crippen LogP contribution in [0.3, 0.4) is 0 Å². The van der Waals surface area contributed by atoms with Gasteiger partial charge in [0.05, 0.1) is 35.6 Å². The highest BCUT2D eigenvalue weighted by atomic mass is 35.5. The average molecular weight is 596 g/mol. The van der Waals surface area contributed by atoms with Crippen molar-refractivity contribution < 1.29 is 23.6 Å². The SMILES string of the molecule is Cc1c([N+](=O)[O-])cc(Cl)c(O)c1Cl.Cc1cc(C)c(S(=O)(=O)Nc2cc(Cl)c(O)c(Cl)c2C)c(C)c1. The Kier molecular flexibility index (Phi) is 9.36. The highest BCUT2D eigenvalue weighted by Crippen LogP contribution is 2.40. The van der Waals surface area contributed by atoms with Gasteiger partial charge in [-0.05, 0) is 57.4 Å². The van der Waals surface area contributed by atoms with E-state index in [-0.39, 0.29) is 53.4 Å². The minimum Gasteiger partial charge on any atom is -0.505 e. The van der Waals surface area contributed by atoms with E-state index in [1.165, 1.54) is 13.0 Å². The third-order valence-electron chi connectivity index (χ3n) is 5.16. The lowest BCUT2D eigenvalue weighted by atomic mass is 10.1. The van der Waals surface area contributed by atoms with Crippen molar-refractivity contribution in [2.45, 2.75) is 39.5 Å². The summed E-state index contributed by atoms with van der Waals surface area (Å²) < 4.78 is 28.0. The quantitative estimate of drug-likeness (QED) is 0.161. The number of phenols is 2. The van der Waals surface area contributed by atoms with Gasteiger partial charge >= 0.3 is 0 Å². The number of hydrogen-bond donors (Lipinski definition) is 3. The third-order valence-corrected chi connectivity index (χ3v) is 8.34. The Bertz CT molecular complexity index is 1450. The van der Waals surface area contributed by atoms with E-state index in [4.69, 9.17) is 46.4 Å². The Hall–Kier alpha value is -2.43. The monoisotopic (exact) mass is 594 g/mol. The van der Waals surface area contributed by atoms with Crippen molar-refractivity contribution in [3.8, 4) is 11.5 Å². The number of rotatable bonds is 4. The number of halogens is 4. The lowest BCUT2D eigenvalue weighted by Crippen LogP contribution is -2.16. The molecule has 0 amide bonds. The number of anilines is 1. The van der Waals surface area contributed by atoms with E-state index in [1.807, 2.05) is 19.1 Å². The molecule has 0 aliphatic rings. The van der Waals surface area contributed by atoms with Crippen molar-refractivity contribution in [3.05, 3.63) is 82.3 Å². The predicted octanol–water partition coefficient (Wildman–Crippen LogP) is 7.65. The summed E-state index contributed by atoms with van der Waals surface area (Å²) in [6.45, 7) is 8.45. The number of sulfonamides is 1. The van der Waals surface area contributed by atoms with Gasteiger partial charge in [0.1, 0.15) is 0 Å². The zero-order chi connectivity index (χ0) is 27.7. The standard InChI is InChI=1S/C16H17Cl2NO3S.C7H5Cl2NO3/c1-8-5-9(2)16(10(3)6-8)23(21,22)19-13-7-12(17)15(20)14(18)11(13)4;1-3-5(10(12)13)2-4(8)7(11)6(3)9/h5-7,19-20H,1-4H3;2,11H,1H3. The second-order valence-corrected chi connectivity index (χ2v) is 11.1. The number of nitrogens with one attached hydrogen (secondary N) is 1. The molecule has 0 aromatic heterocycles. The van der Waals surface area contributed by atoms with Crippen LogP contribution in [0.25, 0.3) is 0 Å². The minimum absolute atomic E-state index is 0.0179. The fourth-order valence-corrected chi connectivity index (χ4v) is 5.95. The summed E-state index contributed by atoms with van der Waals surface area (Å²) in [7, 11) is -3.81. The maximum absolute atomic E-state index is 12.8. The van der Waals surface area contributed by atoms with Gasteiger partial charge in [0.2, 0.25) is 0 Å². The van der Waals surface area contributed by atoms with Crippen LogP contribution >= 0.6 is 46.4 Å². The van der Waals surface area contributed by atoms with Gasteiger partial charge in [0.25, 0.3) is 15.7 Å². The maximum atomic E-state index is 12.8. The lowest BCUT2D eigenvalue weighted by molar-refractivity contribution is -0.385. The first-order valence-electron chi connectivity index (χ1n) is 10.1. The second-order valence-electron chi connectivity index (χ2n) is 7.95. The third kappa shape index (κ3) is 6.27. The topological polar surface area (TPSA) is 130 Å². The smallest absolute Gasteiger partial charge is 0.275 e. The van der Waals surface area contributed by atoms with E-state index in [0.29, 0.717) is 16.7 Å². The molecule has 0 aliphatic heterocycles. The molecule has 0 saturated heterocycles. The zero-order valence-corrected chi connectivity index (χ0v) is 23.5. The fraction of sp³-hybridized carbons (Fsp3) is 0.217. The van der Waals surface area contributed by atoms with Gasteiger partial charge in [-0.25, -0.2) is 8.42 Å². The highest BCUT2D eigenvalue weighted by molar-refractivity contribution is 7.92. The normalized spacial score (nSPS) is 11.0. The van der Waals surface area contributed by atoms with Crippen LogP contribution in [0.5, 0.6) is 11.5 Å². The number of hydrogen-bond acceptors (Lipinski definition) is 6. The molecule has 13 heteroatoms. The molecule has 0 unspecified atom stereocenters. The molecule has 3 aromatic rings. The minimum atomic E-state index is -3.81. The van der Waals surface area contributed by atoms with Gasteiger partial charge in [-0.2, -0.15) is 0 Å². The van der Waals surface area contributed by atoms with Crippen LogP contribution in [0.1, 0.15) is 27.8 Å². The van der Waals surface area contributed by atoms with Crippen LogP contribution in [0.15, 0.2) is 29.2 Å². The fourth-order valence-electron chi connectivity index (χ4n) is 3.48. The van der Waals surface area contributed by atoms with Gasteiger partial charge in [-0.3, -0.25) is 14.8 Å². The molecule has 3 rings (SSSR count). The number of phenolic OH excluding ortho intramolecular Hbond substituents is 2. The molecule has 0 atom stereocenters. The molecule has 0 heterocycles. The van der Waals surface area contributed by atoms with Gasteiger partial charge < -0.3 is 10.2 Å². The van der Waals surface area contributed by atoms with Crippen LogP contribution in [0, 0.1) is 44.7 Å². The van der Waals surface area contributed by atoms with Gasteiger partial charge in [0.15, 0.2) is 11.5 Å². The molecular formula is C23H22Cl4N2O6S. The van der Waals surface area contributed by atoms with E-state index in [1.54, 1.807) is 20.8 Å². The molecule has 194 valence electrons. The van der Waals surface area contributed by atoms with E-state index in [2.05, 4.69) is 4.72 Å². The lowest BCUT2D eigenvalue weighted by Gasteiger charge is -2.16. The van der Waals surface area contributed by atoms with Crippen LogP contribution in [0.2, 0.25) is 20.1 Å². The summed E-state index contributed by atoms with van der Waals surface area (Å²) >= 11 is 22.9. The first-order chi connectivity index (χ1) is 16.5. The number of benzene rings is 3. The van der Waals surface area contributed by atoms with Crippen molar-refractivity contribution in [2.24, 2.45) is 0 Å². The number of aryl methyl sites for hydroxylation is 3.